The normalized spacial score (nSPS) is 10.5. The zero-order valence-corrected chi connectivity index (χ0v) is 15.9. The van der Waals surface area contributed by atoms with Crippen LogP contribution in [0.2, 0.25) is 0 Å². The predicted octanol–water partition coefficient (Wildman–Crippen LogP) is 6.30. The molecule has 0 N–H and O–H groups in total. The van der Waals surface area contributed by atoms with Crippen molar-refractivity contribution in [1.82, 2.24) is 0 Å². The van der Waals surface area contributed by atoms with Gasteiger partial charge in [0.15, 0.2) is 0 Å². The molecule has 0 saturated heterocycles. The topological polar surface area (TPSA) is 26.3 Å². The lowest BCUT2D eigenvalue weighted by Crippen LogP contribution is -2.00. The monoisotopic (exact) mass is 340 g/mol. The van der Waals surface area contributed by atoms with Gasteiger partial charge in [-0.3, -0.25) is 0 Å². The van der Waals surface area contributed by atoms with Crippen molar-refractivity contribution < 1.29 is 9.53 Å². The molecule has 0 amide bonds. The van der Waals surface area contributed by atoms with E-state index in [1.165, 1.54) is 64.9 Å². The Bertz CT molecular complexity index is 558. The molecule has 0 heterocycles. The molecule has 0 saturated carbocycles. The van der Waals surface area contributed by atoms with Gasteiger partial charge in [-0.25, -0.2) is 4.79 Å². The Morgan fingerprint density at radius 2 is 1.56 bits per heavy atom. The number of esters is 1. The molecule has 1 aromatic rings. The number of benzene rings is 1. The molecule has 0 atom stereocenters. The van der Waals surface area contributed by atoms with Crippen molar-refractivity contribution in [3.8, 4) is 11.8 Å². The summed E-state index contributed by atoms with van der Waals surface area (Å²) in [4.78, 5) is 11.3. The van der Waals surface area contributed by atoms with Crippen LogP contribution in [0.25, 0.3) is 0 Å². The lowest BCUT2D eigenvalue weighted by atomic mass is 10.1. The van der Waals surface area contributed by atoms with Gasteiger partial charge in [0.2, 0.25) is 0 Å². The van der Waals surface area contributed by atoms with Crippen molar-refractivity contribution in [2.75, 3.05) is 7.11 Å². The highest BCUT2D eigenvalue weighted by atomic mass is 16.5. The highest BCUT2D eigenvalue weighted by Crippen LogP contribution is 2.10. The SMILES string of the molecule is CCCCCCCCCCC/C=C\C#Cc1ccc(C(=O)OC)cc1. The third-order valence-corrected chi connectivity index (χ3v) is 4.20. The fourth-order valence-electron chi connectivity index (χ4n) is 2.65. The van der Waals surface area contributed by atoms with Crippen molar-refractivity contribution in [3.05, 3.63) is 47.5 Å². The van der Waals surface area contributed by atoms with Gasteiger partial charge in [-0.2, -0.15) is 0 Å². The Labute approximate surface area is 153 Å². The second-order valence-electron chi connectivity index (χ2n) is 6.36. The third-order valence-electron chi connectivity index (χ3n) is 4.20. The van der Waals surface area contributed by atoms with E-state index in [0.717, 1.165) is 12.0 Å². The average Bonchev–Trinajstić information content (AvgIpc) is 2.65. The zero-order valence-electron chi connectivity index (χ0n) is 15.9. The lowest BCUT2D eigenvalue weighted by Gasteiger charge is -2.00. The Balaban J connectivity index is 2.10. The van der Waals surface area contributed by atoms with E-state index in [9.17, 15) is 4.79 Å². The molecule has 0 aliphatic heterocycles. The number of unbranched alkanes of at least 4 members (excludes halogenated alkanes) is 9. The highest BCUT2D eigenvalue weighted by molar-refractivity contribution is 5.89. The maximum atomic E-state index is 11.3. The van der Waals surface area contributed by atoms with Crippen LogP contribution >= 0.6 is 0 Å². The zero-order chi connectivity index (χ0) is 18.2. The highest BCUT2D eigenvalue weighted by Gasteiger charge is 2.02. The molecule has 0 fully saturated rings. The minimum Gasteiger partial charge on any atom is -0.465 e. The number of carbonyl (C=O) groups excluding carboxylic acids is 1. The van der Waals surface area contributed by atoms with Gasteiger partial charge in [-0.05, 0) is 43.2 Å². The molecule has 136 valence electrons. The fourth-order valence-corrected chi connectivity index (χ4v) is 2.65. The molecule has 0 aromatic heterocycles. The first kappa shape index (κ1) is 21.0. The van der Waals surface area contributed by atoms with Crippen molar-refractivity contribution in [2.45, 2.75) is 71.1 Å². The quantitative estimate of drug-likeness (QED) is 0.268. The smallest absolute Gasteiger partial charge is 0.337 e. The van der Waals surface area contributed by atoms with E-state index >= 15 is 0 Å². The van der Waals surface area contributed by atoms with Crippen LogP contribution in [0, 0.1) is 11.8 Å². The first-order valence-electron chi connectivity index (χ1n) is 9.63. The molecule has 2 heteroatoms. The van der Waals surface area contributed by atoms with Crippen LogP contribution in [0.5, 0.6) is 0 Å². The summed E-state index contributed by atoms with van der Waals surface area (Å²) in [5.74, 6) is 5.80. The van der Waals surface area contributed by atoms with Gasteiger partial charge in [0.25, 0.3) is 0 Å². The molecular weight excluding hydrogens is 308 g/mol. The van der Waals surface area contributed by atoms with Crippen LogP contribution in [-0.2, 0) is 4.74 Å². The van der Waals surface area contributed by atoms with Crippen LogP contribution in [0.4, 0.5) is 0 Å². The maximum absolute atomic E-state index is 11.3. The second kappa shape index (κ2) is 14.3. The summed E-state index contributed by atoms with van der Waals surface area (Å²) in [5.41, 5.74) is 1.45. The van der Waals surface area contributed by atoms with Gasteiger partial charge >= 0.3 is 5.97 Å². The molecule has 0 bridgehead atoms. The van der Waals surface area contributed by atoms with Crippen LogP contribution in [-0.4, -0.2) is 13.1 Å². The number of allylic oxidation sites excluding steroid dienone is 2. The maximum Gasteiger partial charge on any atom is 0.337 e. The minimum atomic E-state index is -0.319. The van der Waals surface area contributed by atoms with Crippen molar-refractivity contribution in [2.24, 2.45) is 0 Å². The summed E-state index contributed by atoms with van der Waals surface area (Å²) in [6, 6.07) is 7.16. The molecule has 2 nitrogen and oxygen atoms in total. The van der Waals surface area contributed by atoms with Gasteiger partial charge in [0.05, 0.1) is 12.7 Å². The van der Waals surface area contributed by atoms with E-state index in [-0.39, 0.29) is 5.97 Å². The second-order valence-corrected chi connectivity index (χ2v) is 6.36. The van der Waals surface area contributed by atoms with Gasteiger partial charge < -0.3 is 4.74 Å². The fraction of sp³-hybridized carbons (Fsp3) is 0.522. The molecule has 0 unspecified atom stereocenters. The van der Waals surface area contributed by atoms with Crippen molar-refractivity contribution >= 4 is 5.97 Å². The van der Waals surface area contributed by atoms with Crippen LogP contribution in [0.1, 0.15) is 87.1 Å². The summed E-state index contributed by atoms with van der Waals surface area (Å²) in [5, 5.41) is 0. The van der Waals surface area contributed by atoms with E-state index in [2.05, 4.69) is 29.6 Å². The Morgan fingerprint density at radius 3 is 2.16 bits per heavy atom. The number of ether oxygens (including phenoxy) is 1. The summed E-state index contributed by atoms with van der Waals surface area (Å²) < 4.78 is 4.67. The van der Waals surface area contributed by atoms with Crippen LogP contribution in [0.15, 0.2) is 36.4 Å². The minimum absolute atomic E-state index is 0.319. The molecule has 25 heavy (non-hydrogen) atoms. The van der Waals surface area contributed by atoms with E-state index < -0.39 is 0 Å². The van der Waals surface area contributed by atoms with Gasteiger partial charge in [-0.1, -0.05) is 76.2 Å². The standard InChI is InChI=1S/C23H32O2/c1-3-4-5-6-7-8-9-10-11-12-13-14-15-16-21-17-19-22(20-18-21)23(24)25-2/h13-14,17-20H,3-12H2,1-2H3/b14-13-. The number of hydrogen-bond acceptors (Lipinski definition) is 2. The van der Waals surface area contributed by atoms with Crippen molar-refractivity contribution in [3.63, 3.8) is 0 Å². The molecule has 1 rings (SSSR count). The van der Waals surface area contributed by atoms with Crippen molar-refractivity contribution in [1.29, 1.82) is 0 Å². The van der Waals surface area contributed by atoms with Crippen LogP contribution in [0.3, 0.4) is 0 Å². The number of methoxy groups -OCH3 is 1. The predicted molar refractivity (Wildman–Crippen MR) is 106 cm³/mol. The summed E-state index contributed by atoms with van der Waals surface area (Å²) in [6.45, 7) is 2.26. The van der Waals surface area contributed by atoms with Gasteiger partial charge in [0.1, 0.15) is 0 Å². The van der Waals surface area contributed by atoms with Crippen LogP contribution < -0.4 is 0 Å². The Kier molecular flexibility index (Phi) is 12.1. The number of hydrogen-bond donors (Lipinski definition) is 0. The first-order valence-corrected chi connectivity index (χ1v) is 9.63. The van der Waals surface area contributed by atoms with E-state index in [1.807, 2.05) is 18.2 Å². The molecule has 0 radical (unpaired) electrons. The average molecular weight is 341 g/mol. The third kappa shape index (κ3) is 10.5. The lowest BCUT2D eigenvalue weighted by molar-refractivity contribution is 0.0600. The summed E-state index contributed by atoms with van der Waals surface area (Å²) in [7, 11) is 1.38. The Morgan fingerprint density at radius 1 is 0.960 bits per heavy atom. The van der Waals surface area contributed by atoms with Gasteiger partial charge in [-0.15, -0.1) is 0 Å². The van der Waals surface area contributed by atoms with Gasteiger partial charge in [0, 0.05) is 5.56 Å². The largest absolute Gasteiger partial charge is 0.465 e. The summed E-state index contributed by atoms with van der Waals surface area (Å²) in [6.07, 6.45) is 17.4. The molecule has 0 aliphatic rings. The molecular formula is C23H32O2. The van der Waals surface area contributed by atoms with E-state index in [4.69, 9.17) is 0 Å². The van der Waals surface area contributed by atoms with E-state index in [0.29, 0.717) is 5.56 Å². The molecule has 0 spiro atoms. The van der Waals surface area contributed by atoms with E-state index in [1.54, 1.807) is 12.1 Å². The molecule has 0 aliphatic carbocycles. The Hall–Kier alpha value is -2.01. The number of rotatable bonds is 11. The number of carbonyl (C=O) groups is 1. The summed E-state index contributed by atoms with van der Waals surface area (Å²) >= 11 is 0. The first-order chi connectivity index (χ1) is 12.3. The molecule has 1 aromatic carbocycles.